The molecule has 0 fully saturated rings. The first-order chi connectivity index (χ1) is 17.5. The SMILES string of the molecule is COc1cc2cc(C(=O)C3CNc4ccc(C(Cl)OCc5ccccc5)cc43)[nH]c2c(OC)c1OC. The molecule has 2 N–H and O–H groups in total. The highest BCUT2D eigenvalue weighted by atomic mass is 35.5. The van der Waals surface area contributed by atoms with Gasteiger partial charge in [0.2, 0.25) is 5.75 Å². The minimum atomic E-state index is -0.635. The van der Waals surface area contributed by atoms with E-state index >= 15 is 0 Å². The minimum absolute atomic E-state index is 0.0362. The van der Waals surface area contributed by atoms with Gasteiger partial charge in [-0.05, 0) is 41.0 Å². The van der Waals surface area contributed by atoms with Crippen molar-refractivity contribution in [3.8, 4) is 17.2 Å². The number of carbonyl (C=O) groups is 1. The number of hydrogen-bond donors (Lipinski definition) is 2. The van der Waals surface area contributed by atoms with Gasteiger partial charge in [-0.2, -0.15) is 0 Å². The predicted molar refractivity (Wildman–Crippen MR) is 140 cm³/mol. The summed E-state index contributed by atoms with van der Waals surface area (Å²) in [6, 6.07) is 19.3. The normalized spacial score (nSPS) is 15.3. The number of rotatable bonds is 9. The molecule has 36 heavy (non-hydrogen) atoms. The van der Waals surface area contributed by atoms with Gasteiger partial charge >= 0.3 is 0 Å². The molecule has 0 radical (unpaired) electrons. The monoisotopic (exact) mass is 506 g/mol. The molecule has 0 aliphatic carbocycles. The fourth-order valence-corrected chi connectivity index (χ4v) is 4.83. The second-order valence-electron chi connectivity index (χ2n) is 8.55. The van der Waals surface area contributed by atoms with Crippen LogP contribution in [0.15, 0.2) is 60.7 Å². The summed E-state index contributed by atoms with van der Waals surface area (Å²) in [7, 11) is 4.67. The van der Waals surface area contributed by atoms with Gasteiger partial charge in [0.1, 0.15) is 0 Å². The minimum Gasteiger partial charge on any atom is -0.493 e. The van der Waals surface area contributed by atoms with Gasteiger partial charge in [0.25, 0.3) is 0 Å². The number of hydrogen-bond acceptors (Lipinski definition) is 6. The zero-order valence-electron chi connectivity index (χ0n) is 20.3. The Morgan fingerprint density at radius 3 is 2.50 bits per heavy atom. The molecule has 186 valence electrons. The molecule has 2 unspecified atom stereocenters. The van der Waals surface area contributed by atoms with Crippen molar-refractivity contribution >= 4 is 34.0 Å². The lowest BCUT2D eigenvalue weighted by atomic mass is 9.93. The number of aromatic amines is 1. The van der Waals surface area contributed by atoms with Crippen LogP contribution in [0.3, 0.4) is 0 Å². The van der Waals surface area contributed by atoms with Crippen LogP contribution in [0, 0.1) is 0 Å². The average Bonchev–Trinajstić information content (AvgIpc) is 3.54. The van der Waals surface area contributed by atoms with Crippen LogP contribution in [0.25, 0.3) is 10.9 Å². The van der Waals surface area contributed by atoms with E-state index in [1.807, 2.05) is 60.7 Å². The topological polar surface area (TPSA) is 81.8 Å². The first-order valence-corrected chi connectivity index (χ1v) is 12.0. The predicted octanol–water partition coefficient (Wildman–Crippen LogP) is 6.04. The lowest BCUT2D eigenvalue weighted by Gasteiger charge is -2.14. The van der Waals surface area contributed by atoms with E-state index < -0.39 is 5.56 Å². The molecule has 0 saturated carbocycles. The van der Waals surface area contributed by atoms with Crippen LogP contribution in [0.4, 0.5) is 5.69 Å². The highest BCUT2D eigenvalue weighted by Crippen LogP contribution is 2.44. The summed E-state index contributed by atoms with van der Waals surface area (Å²) in [6.45, 7) is 0.894. The van der Waals surface area contributed by atoms with Gasteiger partial charge in [-0.15, -0.1) is 0 Å². The number of methoxy groups -OCH3 is 3. The van der Waals surface area contributed by atoms with Crippen LogP contribution in [0.5, 0.6) is 17.2 Å². The number of alkyl halides is 1. The van der Waals surface area contributed by atoms with Crippen molar-refractivity contribution in [2.45, 2.75) is 18.1 Å². The van der Waals surface area contributed by atoms with Crippen molar-refractivity contribution in [3.63, 3.8) is 0 Å². The number of carbonyl (C=O) groups excluding carboxylic acids is 1. The van der Waals surface area contributed by atoms with Crippen LogP contribution in [-0.2, 0) is 11.3 Å². The maximum Gasteiger partial charge on any atom is 0.205 e. The van der Waals surface area contributed by atoms with Gasteiger partial charge in [-0.25, -0.2) is 0 Å². The molecule has 0 bridgehead atoms. The number of halogens is 1. The number of H-pyrrole nitrogens is 1. The molecule has 3 aromatic carbocycles. The third-order valence-electron chi connectivity index (χ3n) is 6.45. The third kappa shape index (κ3) is 4.36. The molecule has 4 aromatic rings. The Morgan fingerprint density at radius 2 is 1.78 bits per heavy atom. The maximum absolute atomic E-state index is 13.6. The molecule has 0 amide bonds. The van der Waals surface area contributed by atoms with Crippen molar-refractivity contribution in [2.75, 3.05) is 33.2 Å². The number of ether oxygens (including phenoxy) is 4. The quantitative estimate of drug-likeness (QED) is 0.213. The summed E-state index contributed by atoms with van der Waals surface area (Å²) in [6.07, 6.45) is 0. The number of aromatic nitrogens is 1. The van der Waals surface area contributed by atoms with E-state index in [0.29, 0.717) is 41.6 Å². The van der Waals surface area contributed by atoms with Crippen LogP contribution < -0.4 is 19.5 Å². The lowest BCUT2D eigenvalue weighted by molar-refractivity contribution is 0.0938. The lowest BCUT2D eigenvalue weighted by Crippen LogP contribution is -2.15. The molecule has 1 aromatic heterocycles. The van der Waals surface area contributed by atoms with Crippen LogP contribution in [0.1, 0.15) is 38.7 Å². The molecule has 1 aliphatic heterocycles. The molecule has 0 spiro atoms. The number of anilines is 1. The number of nitrogens with one attached hydrogen (secondary N) is 2. The van der Waals surface area contributed by atoms with Crippen molar-refractivity contribution in [1.82, 2.24) is 4.98 Å². The molecule has 2 atom stereocenters. The first kappa shape index (κ1) is 24.0. The summed E-state index contributed by atoms with van der Waals surface area (Å²) in [5.41, 5.74) is 4.18. The van der Waals surface area contributed by atoms with E-state index in [0.717, 1.165) is 27.8 Å². The summed E-state index contributed by atoms with van der Waals surface area (Å²) >= 11 is 6.57. The molecule has 7 nitrogen and oxygen atoms in total. The van der Waals surface area contributed by atoms with E-state index in [4.69, 9.17) is 30.5 Å². The Labute approximate surface area is 214 Å². The van der Waals surface area contributed by atoms with Crippen molar-refractivity contribution in [2.24, 2.45) is 0 Å². The highest BCUT2D eigenvalue weighted by Gasteiger charge is 2.32. The first-order valence-electron chi connectivity index (χ1n) is 11.6. The fraction of sp³-hybridized carbons (Fsp3) is 0.250. The van der Waals surface area contributed by atoms with E-state index in [2.05, 4.69) is 10.3 Å². The Morgan fingerprint density at radius 1 is 1.00 bits per heavy atom. The van der Waals surface area contributed by atoms with E-state index in [-0.39, 0.29) is 11.7 Å². The fourth-order valence-electron chi connectivity index (χ4n) is 4.63. The molecular weight excluding hydrogens is 480 g/mol. The zero-order chi connectivity index (χ0) is 25.2. The van der Waals surface area contributed by atoms with Crippen LogP contribution in [-0.4, -0.2) is 38.6 Å². The smallest absolute Gasteiger partial charge is 0.205 e. The second kappa shape index (κ2) is 10.1. The van der Waals surface area contributed by atoms with Gasteiger partial charge in [0.05, 0.1) is 45.1 Å². The molecule has 5 rings (SSSR count). The van der Waals surface area contributed by atoms with Crippen molar-refractivity contribution in [3.05, 3.63) is 83.0 Å². The average molecular weight is 507 g/mol. The summed E-state index contributed by atoms with van der Waals surface area (Å²) in [5, 5.41) is 4.13. The van der Waals surface area contributed by atoms with E-state index in [1.165, 1.54) is 0 Å². The highest BCUT2D eigenvalue weighted by molar-refractivity contribution is 6.20. The Bertz CT molecular complexity index is 1400. The number of Topliss-reactive ketones (excluding diaryl/α,β-unsaturated/α-hetero) is 1. The molecule has 0 saturated heterocycles. The van der Waals surface area contributed by atoms with E-state index in [1.54, 1.807) is 21.3 Å². The molecule has 2 heterocycles. The standard InChI is InChI=1S/C28H27ClN2O5/c1-33-23-13-18-12-22(31-24(18)27(35-3)26(23)34-2)25(32)20-14-30-21-10-9-17(11-19(20)21)28(29)36-15-16-7-5-4-6-8-16/h4-13,20,28,30-31H,14-15H2,1-3H3. The van der Waals surface area contributed by atoms with Gasteiger partial charge < -0.3 is 29.2 Å². The number of fused-ring (bicyclic) bond motifs is 2. The van der Waals surface area contributed by atoms with E-state index in [9.17, 15) is 4.79 Å². The Hall–Kier alpha value is -3.68. The zero-order valence-corrected chi connectivity index (χ0v) is 21.0. The van der Waals surface area contributed by atoms with Crippen LogP contribution in [0.2, 0.25) is 0 Å². The summed E-state index contributed by atoms with van der Waals surface area (Å²) in [4.78, 5) is 16.9. The second-order valence-corrected chi connectivity index (χ2v) is 8.95. The van der Waals surface area contributed by atoms with Gasteiger partial charge in [-0.1, -0.05) is 48.0 Å². The largest absolute Gasteiger partial charge is 0.493 e. The van der Waals surface area contributed by atoms with Crippen LogP contribution >= 0.6 is 11.6 Å². The molecular formula is C28H27ClN2O5. The number of benzene rings is 3. The van der Waals surface area contributed by atoms with Gasteiger partial charge in [-0.3, -0.25) is 4.79 Å². The van der Waals surface area contributed by atoms with Crippen molar-refractivity contribution < 1.29 is 23.7 Å². The summed E-state index contributed by atoms with van der Waals surface area (Å²) in [5.74, 6) is 1.07. The third-order valence-corrected chi connectivity index (χ3v) is 6.83. The van der Waals surface area contributed by atoms with Gasteiger partial charge in [0.15, 0.2) is 22.8 Å². The Balaban J connectivity index is 1.41. The molecule has 8 heteroatoms. The molecule has 1 aliphatic rings. The van der Waals surface area contributed by atoms with Gasteiger partial charge in [0, 0.05) is 17.6 Å². The van der Waals surface area contributed by atoms with Crippen molar-refractivity contribution in [1.29, 1.82) is 0 Å². The Kier molecular flexibility index (Phi) is 6.76. The summed E-state index contributed by atoms with van der Waals surface area (Å²) < 4.78 is 22.4. The maximum atomic E-state index is 13.6. The number of ketones is 1.